The maximum Gasteiger partial charge on any atom is 0.337 e. The lowest BCUT2D eigenvalue weighted by atomic mass is 10.1. The highest BCUT2D eigenvalue weighted by atomic mass is 16.4. The second-order valence-electron chi connectivity index (χ2n) is 5.08. The van der Waals surface area contributed by atoms with Gasteiger partial charge in [-0.15, -0.1) is 0 Å². The molecule has 0 fully saturated rings. The topological polar surface area (TPSA) is 104 Å². The van der Waals surface area contributed by atoms with Gasteiger partial charge in [0.05, 0.1) is 16.9 Å². The van der Waals surface area contributed by atoms with Gasteiger partial charge in [-0.3, -0.25) is 4.79 Å². The molecular formula is C14H21N3O3. The molecule has 6 heteroatoms. The summed E-state index contributed by atoms with van der Waals surface area (Å²) in [6.45, 7) is 6.30. The first kappa shape index (κ1) is 15.8. The Hall–Kier alpha value is -2.24. The molecule has 0 aromatic heterocycles. The van der Waals surface area contributed by atoms with Gasteiger partial charge in [-0.1, -0.05) is 19.9 Å². The number of anilines is 2. The Bertz CT molecular complexity index is 500. The number of carbonyl (C=O) groups is 2. The number of para-hydroxylation sites is 1. The molecule has 1 rings (SSSR count). The summed E-state index contributed by atoms with van der Waals surface area (Å²) < 4.78 is 0. The summed E-state index contributed by atoms with van der Waals surface area (Å²) in [5.74, 6) is -0.881. The summed E-state index contributed by atoms with van der Waals surface area (Å²) in [5, 5.41) is 14.7. The Kier molecular flexibility index (Phi) is 5.37. The third kappa shape index (κ3) is 4.15. The Morgan fingerprint density at radius 1 is 1.30 bits per heavy atom. The minimum atomic E-state index is -1.09. The van der Waals surface area contributed by atoms with E-state index in [0.29, 0.717) is 18.2 Å². The minimum absolute atomic E-state index is 0.0183. The SMILES string of the molecule is CC(C)CNC(=O)C(C)Nc1cccc(C(=O)O)c1N. The van der Waals surface area contributed by atoms with Crippen LogP contribution in [0.3, 0.4) is 0 Å². The van der Waals surface area contributed by atoms with Crippen LogP contribution in [0.1, 0.15) is 31.1 Å². The molecule has 5 N–H and O–H groups in total. The molecule has 1 amide bonds. The van der Waals surface area contributed by atoms with Gasteiger partial charge >= 0.3 is 5.97 Å². The number of nitrogen functional groups attached to an aromatic ring is 1. The summed E-state index contributed by atoms with van der Waals surface area (Å²) in [4.78, 5) is 22.8. The number of carbonyl (C=O) groups excluding carboxylic acids is 1. The van der Waals surface area contributed by atoms with Gasteiger partial charge in [0.1, 0.15) is 6.04 Å². The van der Waals surface area contributed by atoms with Crippen LogP contribution in [0.5, 0.6) is 0 Å². The van der Waals surface area contributed by atoms with Crippen molar-refractivity contribution in [3.8, 4) is 0 Å². The zero-order valence-corrected chi connectivity index (χ0v) is 11.9. The summed E-state index contributed by atoms with van der Waals surface area (Å²) in [5.41, 5.74) is 6.37. The van der Waals surface area contributed by atoms with Crippen LogP contribution in [-0.2, 0) is 4.79 Å². The number of nitrogens with two attached hydrogens (primary N) is 1. The van der Waals surface area contributed by atoms with Crippen molar-refractivity contribution in [2.24, 2.45) is 5.92 Å². The van der Waals surface area contributed by atoms with Crippen molar-refractivity contribution >= 4 is 23.3 Å². The van der Waals surface area contributed by atoms with Gasteiger partial charge in [-0.2, -0.15) is 0 Å². The number of carboxylic acid groups (broad SMARTS) is 1. The molecule has 6 nitrogen and oxygen atoms in total. The third-order valence-electron chi connectivity index (χ3n) is 2.79. The predicted molar refractivity (Wildman–Crippen MR) is 78.7 cm³/mol. The van der Waals surface area contributed by atoms with Crippen LogP contribution in [0.15, 0.2) is 18.2 Å². The smallest absolute Gasteiger partial charge is 0.337 e. The van der Waals surface area contributed by atoms with E-state index in [4.69, 9.17) is 10.8 Å². The predicted octanol–water partition coefficient (Wildman–Crippen LogP) is 1.54. The van der Waals surface area contributed by atoms with E-state index in [9.17, 15) is 9.59 Å². The lowest BCUT2D eigenvalue weighted by molar-refractivity contribution is -0.121. The van der Waals surface area contributed by atoms with Crippen LogP contribution in [-0.4, -0.2) is 29.6 Å². The number of hydrogen-bond acceptors (Lipinski definition) is 4. The van der Waals surface area contributed by atoms with E-state index in [0.717, 1.165) is 0 Å². The van der Waals surface area contributed by atoms with Crippen molar-refractivity contribution in [3.05, 3.63) is 23.8 Å². The molecular weight excluding hydrogens is 258 g/mol. The fourth-order valence-corrected chi connectivity index (χ4v) is 1.63. The molecule has 0 heterocycles. The van der Waals surface area contributed by atoms with Crippen LogP contribution < -0.4 is 16.4 Å². The number of hydrogen-bond donors (Lipinski definition) is 4. The van der Waals surface area contributed by atoms with E-state index in [1.54, 1.807) is 19.1 Å². The zero-order chi connectivity index (χ0) is 15.3. The fraction of sp³-hybridized carbons (Fsp3) is 0.429. The monoisotopic (exact) mass is 279 g/mol. The second-order valence-corrected chi connectivity index (χ2v) is 5.08. The van der Waals surface area contributed by atoms with Crippen LogP contribution >= 0.6 is 0 Å². The van der Waals surface area contributed by atoms with Gasteiger partial charge in [-0.05, 0) is 25.0 Å². The molecule has 0 saturated heterocycles. The highest BCUT2D eigenvalue weighted by molar-refractivity contribution is 5.97. The normalized spacial score (nSPS) is 12.0. The molecule has 0 aliphatic heterocycles. The highest BCUT2D eigenvalue weighted by Crippen LogP contribution is 2.23. The fourth-order valence-electron chi connectivity index (χ4n) is 1.63. The van der Waals surface area contributed by atoms with E-state index < -0.39 is 12.0 Å². The first-order valence-electron chi connectivity index (χ1n) is 6.49. The summed E-state index contributed by atoms with van der Waals surface area (Å²) in [6.07, 6.45) is 0. The molecule has 1 aromatic carbocycles. The number of nitrogens with one attached hydrogen (secondary N) is 2. The number of carboxylic acids is 1. The van der Waals surface area contributed by atoms with Crippen LogP contribution in [0.4, 0.5) is 11.4 Å². The number of amides is 1. The molecule has 0 saturated carbocycles. The van der Waals surface area contributed by atoms with E-state index in [2.05, 4.69) is 10.6 Å². The van der Waals surface area contributed by atoms with Gasteiger partial charge in [0.2, 0.25) is 5.91 Å². The minimum Gasteiger partial charge on any atom is -0.478 e. The maximum atomic E-state index is 11.9. The molecule has 0 aliphatic rings. The van der Waals surface area contributed by atoms with Gasteiger partial charge in [0, 0.05) is 6.54 Å². The highest BCUT2D eigenvalue weighted by Gasteiger charge is 2.16. The van der Waals surface area contributed by atoms with Crippen molar-refractivity contribution < 1.29 is 14.7 Å². The van der Waals surface area contributed by atoms with E-state index in [1.165, 1.54) is 6.07 Å². The first-order valence-corrected chi connectivity index (χ1v) is 6.49. The van der Waals surface area contributed by atoms with Gasteiger partial charge in [0.15, 0.2) is 0 Å². The van der Waals surface area contributed by atoms with Crippen LogP contribution in [0, 0.1) is 5.92 Å². The van der Waals surface area contributed by atoms with Gasteiger partial charge in [-0.25, -0.2) is 4.79 Å². The average Bonchev–Trinajstić information content (AvgIpc) is 2.37. The molecule has 20 heavy (non-hydrogen) atoms. The molecule has 1 unspecified atom stereocenters. The zero-order valence-electron chi connectivity index (χ0n) is 11.9. The Morgan fingerprint density at radius 2 is 1.95 bits per heavy atom. The number of benzene rings is 1. The summed E-state index contributed by atoms with van der Waals surface area (Å²) in [7, 11) is 0. The molecule has 0 bridgehead atoms. The lowest BCUT2D eigenvalue weighted by Gasteiger charge is -2.18. The quantitative estimate of drug-likeness (QED) is 0.591. The van der Waals surface area contributed by atoms with Gasteiger partial charge in [0.25, 0.3) is 0 Å². The number of rotatable bonds is 6. The molecule has 1 aromatic rings. The van der Waals surface area contributed by atoms with E-state index in [-0.39, 0.29) is 17.2 Å². The average molecular weight is 279 g/mol. The summed E-state index contributed by atoms with van der Waals surface area (Å²) >= 11 is 0. The van der Waals surface area contributed by atoms with Gasteiger partial charge < -0.3 is 21.5 Å². The summed E-state index contributed by atoms with van der Waals surface area (Å²) in [6, 6.07) is 4.15. The third-order valence-corrected chi connectivity index (χ3v) is 2.79. The standard InChI is InChI=1S/C14H21N3O3/c1-8(2)7-16-13(18)9(3)17-11-6-4-5-10(12(11)15)14(19)20/h4-6,8-9,17H,7,15H2,1-3H3,(H,16,18)(H,19,20). The van der Waals surface area contributed by atoms with Crippen LogP contribution in [0.25, 0.3) is 0 Å². The Morgan fingerprint density at radius 3 is 2.50 bits per heavy atom. The maximum absolute atomic E-state index is 11.9. The second kappa shape index (κ2) is 6.79. The Balaban J connectivity index is 2.75. The Labute approximate surface area is 118 Å². The first-order chi connectivity index (χ1) is 9.32. The largest absolute Gasteiger partial charge is 0.478 e. The van der Waals surface area contributed by atoms with Crippen molar-refractivity contribution in [2.75, 3.05) is 17.6 Å². The molecule has 0 aliphatic carbocycles. The molecule has 0 radical (unpaired) electrons. The van der Waals surface area contributed by atoms with Crippen molar-refractivity contribution in [1.82, 2.24) is 5.32 Å². The van der Waals surface area contributed by atoms with Crippen molar-refractivity contribution in [1.29, 1.82) is 0 Å². The van der Waals surface area contributed by atoms with Crippen LogP contribution in [0.2, 0.25) is 0 Å². The van der Waals surface area contributed by atoms with E-state index in [1.807, 2.05) is 13.8 Å². The van der Waals surface area contributed by atoms with E-state index >= 15 is 0 Å². The molecule has 0 spiro atoms. The molecule has 110 valence electrons. The van der Waals surface area contributed by atoms with Crippen molar-refractivity contribution in [2.45, 2.75) is 26.8 Å². The number of aromatic carboxylic acids is 1. The molecule has 1 atom stereocenters. The van der Waals surface area contributed by atoms with Crippen molar-refractivity contribution in [3.63, 3.8) is 0 Å². The lowest BCUT2D eigenvalue weighted by Crippen LogP contribution is -2.39.